The van der Waals surface area contributed by atoms with Gasteiger partial charge in [0.05, 0.1) is 11.6 Å². The minimum atomic E-state index is 0.0166. The third-order valence-electron chi connectivity index (χ3n) is 4.58. The number of pyridine rings is 1. The van der Waals surface area contributed by atoms with E-state index in [1.165, 1.54) is 0 Å². The maximum Gasteiger partial charge on any atom is 0.252 e. The van der Waals surface area contributed by atoms with Gasteiger partial charge in [-0.1, -0.05) is 15.9 Å². The number of hydrogen-bond donors (Lipinski definition) is 1. The molecule has 0 amide bonds. The van der Waals surface area contributed by atoms with Crippen LogP contribution >= 0.6 is 15.9 Å². The lowest BCUT2D eigenvalue weighted by Crippen LogP contribution is -2.30. The molecule has 1 aliphatic rings. The minimum Gasteiger partial charge on any atom is -0.382 e. The molecule has 2 aromatic rings. The molecule has 0 aliphatic heterocycles. The number of nitrogens with one attached hydrogen (secondary N) is 1. The highest BCUT2D eigenvalue weighted by molar-refractivity contribution is 9.10. The summed E-state index contributed by atoms with van der Waals surface area (Å²) in [6, 6.07) is 8.12. The van der Waals surface area contributed by atoms with Crippen LogP contribution in [0.3, 0.4) is 0 Å². The van der Waals surface area contributed by atoms with Gasteiger partial charge in [-0.2, -0.15) is 0 Å². The summed E-state index contributed by atoms with van der Waals surface area (Å²) in [5.41, 5.74) is 1.90. The number of anilines is 1. The summed E-state index contributed by atoms with van der Waals surface area (Å²) >= 11 is 3.52. The molecule has 0 radical (unpaired) electrons. The van der Waals surface area contributed by atoms with E-state index in [2.05, 4.69) is 27.3 Å². The molecule has 0 bridgehead atoms. The number of benzene rings is 1. The Hall–Kier alpha value is -1.33. The molecule has 5 heteroatoms. The Bertz CT molecular complexity index is 733. The summed E-state index contributed by atoms with van der Waals surface area (Å²) < 4.78 is 8.13. The first-order chi connectivity index (χ1) is 10.6. The van der Waals surface area contributed by atoms with Gasteiger partial charge in [0.1, 0.15) is 0 Å². The Morgan fingerprint density at radius 2 is 1.95 bits per heavy atom. The molecule has 0 saturated heterocycles. The van der Waals surface area contributed by atoms with Crippen LogP contribution in [0, 0.1) is 0 Å². The lowest BCUT2D eigenvalue weighted by molar-refractivity contribution is 0.0682. The highest BCUT2D eigenvalue weighted by atomic mass is 79.9. The van der Waals surface area contributed by atoms with E-state index in [1.54, 1.807) is 17.7 Å². The van der Waals surface area contributed by atoms with Gasteiger partial charge in [-0.05, 0) is 43.9 Å². The van der Waals surface area contributed by atoms with Crippen LogP contribution in [-0.4, -0.2) is 23.8 Å². The van der Waals surface area contributed by atoms with Crippen LogP contribution in [0.5, 0.6) is 0 Å². The average Bonchev–Trinajstić information content (AvgIpc) is 2.53. The molecule has 118 valence electrons. The van der Waals surface area contributed by atoms with Gasteiger partial charge >= 0.3 is 0 Å². The molecule has 1 saturated carbocycles. The summed E-state index contributed by atoms with van der Waals surface area (Å²) in [5, 5.41) is 4.65. The fourth-order valence-electron chi connectivity index (χ4n) is 3.22. The van der Waals surface area contributed by atoms with Gasteiger partial charge < -0.3 is 14.6 Å². The summed E-state index contributed by atoms with van der Waals surface area (Å²) in [5.74, 6) is 0. The van der Waals surface area contributed by atoms with E-state index in [0.717, 1.165) is 46.7 Å². The van der Waals surface area contributed by atoms with Crippen molar-refractivity contribution < 1.29 is 4.74 Å². The number of aryl methyl sites for hydroxylation is 1. The molecule has 4 nitrogen and oxygen atoms in total. The van der Waals surface area contributed by atoms with Gasteiger partial charge in [0.25, 0.3) is 5.56 Å². The highest BCUT2D eigenvalue weighted by Gasteiger charge is 2.21. The van der Waals surface area contributed by atoms with E-state index in [1.807, 2.05) is 19.2 Å². The second-order valence-electron chi connectivity index (χ2n) is 5.97. The molecule has 1 aromatic heterocycles. The molecule has 0 spiro atoms. The van der Waals surface area contributed by atoms with Crippen molar-refractivity contribution in [2.24, 2.45) is 7.05 Å². The maximum atomic E-state index is 12.2. The van der Waals surface area contributed by atoms with E-state index in [0.29, 0.717) is 12.1 Å². The Balaban J connectivity index is 1.92. The molecule has 0 atom stereocenters. The summed E-state index contributed by atoms with van der Waals surface area (Å²) in [4.78, 5) is 12.2. The fourth-order valence-corrected chi connectivity index (χ4v) is 3.58. The van der Waals surface area contributed by atoms with Gasteiger partial charge in [0.15, 0.2) is 0 Å². The minimum absolute atomic E-state index is 0.0166. The second-order valence-corrected chi connectivity index (χ2v) is 6.89. The third-order valence-corrected chi connectivity index (χ3v) is 5.07. The smallest absolute Gasteiger partial charge is 0.252 e. The molecule has 1 aromatic carbocycles. The quantitative estimate of drug-likeness (QED) is 0.903. The number of hydrogen-bond acceptors (Lipinski definition) is 3. The number of ether oxygens (including phenoxy) is 1. The highest BCUT2D eigenvalue weighted by Crippen LogP contribution is 2.28. The Labute approximate surface area is 138 Å². The van der Waals surface area contributed by atoms with Crippen LogP contribution in [0.25, 0.3) is 10.9 Å². The van der Waals surface area contributed by atoms with Gasteiger partial charge in [-0.25, -0.2) is 0 Å². The van der Waals surface area contributed by atoms with Gasteiger partial charge in [0, 0.05) is 41.8 Å². The molecule has 1 fully saturated rings. The number of fused-ring (bicyclic) bond motifs is 1. The first-order valence-electron chi connectivity index (χ1n) is 7.67. The lowest BCUT2D eigenvalue weighted by Gasteiger charge is -2.29. The van der Waals surface area contributed by atoms with Gasteiger partial charge in [-0.3, -0.25) is 4.79 Å². The van der Waals surface area contributed by atoms with Crippen LogP contribution in [0.1, 0.15) is 25.7 Å². The zero-order valence-corrected chi connectivity index (χ0v) is 14.5. The van der Waals surface area contributed by atoms with Crippen LogP contribution in [0.4, 0.5) is 5.69 Å². The zero-order chi connectivity index (χ0) is 15.7. The SMILES string of the molecule is CO[C@H]1CC[C@H](Nc2cc(=O)n(C)c3ccc(Br)cc23)CC1. The van der Waals surface area contributed by atoms with E-state index in [9.17, 15) is 4.79 Å². The van der Waals surface area contributed by atoms with Crippen molar-refractivity contribution in [3.8, 4) is 0 Å². The van der Waals surface area contributed by atoms with Crippen molar-refractivity contribution in [3.63, 3.8) is 0 Å². The Morgan fingerprint density at radius 3 is 2.64 bits per heavy atom. The van der Waals surface area contributed by atoms with E-state index in [4.69, 9.17) is 4.74 Å². The van der Waals surface area contributed by atoms with Crippen molar-refractivity contribution in [2.75, 3.05) is 12.4 Å². The molecule has 1 heterocycles. The first-order valence-corrected chi connectivity index (χ1v) is 8.46. The number of rotatable bonds is 3. The number of nitrogens with zero attached hydrogens (tertiary/aromatic N) is 1. The van der Waals surface area contributed by atoms with Crippen molar-refractivity contribution in [1.82, 2.24) is 4.57 Å². The Morgan fingerprint density at radius 1 is 1.23 bits per heavy atom. The Kier molecular flexibility index (Phi) is 4.54. The van der Waals surface area contributed by atoms with E-state index < -0.39 is 0 Å². The molecule has 3 rings (SSSR count). The monoisotopic (exact) mass is 364 g/mol. The molecule has 1 N–H and O–H groups in total. The number of methoxy groups -OCH3 is 1. The van der Waals surface area contributed by atoms with Crippen LogP contribution in [0.15, 0.2) is 33.5 Å². The fraction of sp³-hybridized carbons (Fsp3) is 0.471. The molecule has 22 heavy (non-hydrogen) atoms. The summed E-state index contributed by atoms with van der Waals surface area (Å²) in [6.45, 7) is 0. The first kappa shape index (κ1) is 15.6. The van der Waals surface area contributed by atoms with Crippen molar-refractivity contribution in [1.29, 1.82) is 0 Å². The molecule has 0 unspecified atom stereocenters. The predicted molar refractivity (Wildman–Crippen MR) is 93.6 cm³/mol. The largest absolute Gasteiger partial charge is 0.382 e. The van der Waals surface area contributed by atoms with Crippen molar-refractivity contribution in [2.45, 2.75) is 37.8 Å². The predicted octanol–water partition coefficient (Wildman–Crippen LogP) is 3.67. The van der Waals surface area contributed by atoms with E-state index >= 15 is 0 Å². The van der Waals surface area contributed by atoms with E-state index in [-0.39, 0.29) is 5.56 Å². The topological polar surface area (TPSA) is 43.3 Å². The molecular weight excluding hydrogens is 344 g/mol. The van der Waals surface area contributed by atoms with Crippen molar-refractivity contribution in [3.05, 3.63) is 39.1 Å². The van der Waals surface area contributed by atoms with Crippen LogP contribution in [-0.2, 0) is 11.8 Å². The van der Waals surface area contributed by atoms with Crippen molar-refractivity contribution >= 4 is 32.5 Å². The zero-order valence-electron chi connectivity index (χ0n) is 12.9. The van der Waals surface area contributed by atoms with Crippen LogP contribution in [0.2, 0.25) is 0 Å². The molecular formula is C17H21BrN2O2. The van der Waals surface area contributed by atoms with Crippen LogP contribution < -0.4 is 10.9 Å². The molecule has 1 aliphatic carbocycles. The number of aromatic nitrogens is 1. The van der Waals surface area contributed by atoms with Gasteiger partial charge in [-0.15, -0.1) is 0 Å². The maximum absolute atomic E-state index is 12.2. The second kappa shape index (κ2) is 6.42. The normalized spacial score (nSPS) is 22.0. The average molecular weight is 365 g/mol. The summed E-state index contributed by atoms with van der Waals surface area (Å²) in [6.07, 6.45) is 4.67. The standard InChI is InChI=1S/C17H21BrN2O2/c1-20-16-8-3-11(18)9-14(16)15(10-17(20)21)19-12-4-6-13(22-2)7-5-12/h3,8-10,12-13,19H,4-7H2,1-2H3/t12-,13-. The third kappa shape index (κ3) is 3.06. The lowest BCUT2D eigenvalue weighted by atomic mass is 9.92. The number of halogens is 1. The summed E-state index contributed by atoms with van der Waals surface area (Å²) in [7, 11) is 3.59. The van der Waals surface area contributed by atoms with Gasteiger partial charge in [0.2, 0.25) is 0 Å².